The number of nitrogens with one attached hydrogen (secondary N) is 1. The summed E-state index contributed by atoms with van der Waals surface area (Å²) in [6.07, 6.45) is 2.22. The quantitative estimate of drug-likeness (QED) is 0.834. The maximum atomic E-state index is 12.7. The van der Waals surface area contributed by atoms with Crippen LogP contribution in [0, 0.1) is 0 Å². The Hall–Kier alpha value is -1.10. The minimum atomic E-state index is -0.814. The SMILES string of the molecule is CCC1C(=O)NC(C)(C)C(=O)N1C1CCOC(C)(C)C1. The molecule has 0 aromatic carbocycles. The lowest BCUT2D eigenvalue weighted by atomic mass is 9.87. The minimum Gasteiger partial charge on any atom is -0.375 e. The molecule has 2 amide bonds. The molecule has 2 rings (SSSR count). The van der Waals surface area contributed by atoms with Gasteiger partial charge in [0, 0.05) is 12.6 Å². The van der Waals surface area contributed by atoms with E-state index in [1.165, 1.54) is 0 Å². The second-order valence-corrected chi connectivity index (χ2v) is 7.01. The molecule has 2 aliphatic heterocycles. The summed E-state index contributed by atoms with van der Waals surface area (Å²) in [5, 5.41) is 2.83. The van der Waals surface area contributed by atoms with Crippen LogP contribution in [0.2, 0.25) is 0 Å². The second kappa shape index (κ2) is 5.02. The lowest BCUT2D eigenvalue weighted by molar-refractivity contribution is -0.163. The summed E-state index contributed by atoms with van der Waals surface area (Å²) in [6, 6.07) is -0.268. The third-order valence-electron chi connectivity index (χ3n) is 4.29. The number of hydrogen-bond donors (Lipinski definition) is 1. The predicted octanol–water partition coefficient (Wildman–Crippen LogP) is 1.46. The largest absolute Gasteiger partial charge is 0.375 e. The summed E-state index contributed by atoms with van der Waals surface area (Å²) in [5.74, 6) is -0.0203. The van der Waals surface area contributed by atoms with E-state index in [-0.39, 0.29) is 29.5 Å². The number of hydrogen-bond acceptors (Lipinski definition) is 3. The molecule has 2 unspecified atom stereocenters. The fourth-order valence-electron chi connectivity index (χ4n) is 3.27. The zero-order valence-electron chi connectivity index (χ0n) is 13.2. The molecule has 114 valence electrons. The molecule has 5 nitrogen and oxygen atoms in total. The molecule has 2 heterocycles. The second-order valence-electron chi connectivity index (χ2n) is 7.01. The lowest BCUT2D eigenvalue weighted by Crippen LogP contribution is -2.70. The number of rotatable bonds is 2. The highest BCUT2D eigenvalue weighted by molar-refractivity contribution is 5.99. The van der Waals surface area contributed by atoms with Crippen LogP contribution >= 0.6 is 0 Å². The minimum absolute atomic E-state index is 0.0200. The number of piperazine rings is 1. The highest BCUT2D eigenvalue weighted by atomic mass is 16.5. The Bertz CT molecular complexity index is 417. The van der Waals surface area contributed by atoms with Gasteiger partial charge < -0.3 is 15.0 Å². The molecule has 1 N–H and O–H groups in total. The summed E-state index contributed by atoms with van der Waals surface area (Å²) in [6.45, 7) is 10.2. The Labute approximate surface area is 121 Å². The molecule has 2 atom stereocenters. The summed E-state index contributed by atoms with van der Waals surface area (Å²) >= 11 is 0. The van der Waals surface area contributed by atoms with E-state index in [0.29, 0.717) is 13.0 Å². The molecule has 20 heavy (non-hydrogen) atoms. The lowest BCUT2D eigenvalue weighted by Gasteiger charge is -2.49. The number of ether oxygens (including phenoxy) is 1. The summed E-state index contributed by atoms with van der Waals surface area (Å²) in [4.78, 5) is 26.8. The molecule has 0 bridgehead atoms. The van der Waals surface area contributed by atoms with Crippen LogP contribution in [0.3, 0.4) is 0 Å². The third-order valence-corrected chi connectivity index (χ3v) is 4.29. The number of carbonyl (C=O) groups excluding carboxylic acids is 2. The van der Waals surface area contributed by atoms with Gasteiger partial charge in [0.2, 0.25) is 11.8 Å². The van der Waals surface area contributed by atoms with Crippen molar-refractivity contribution >= 4 is 11.8 Å². The van der Waals surface area contributed by atoms with Crippen molar-refractivity contribution in [3.63, 3.8) is 0 Å². The van der Waals surface area contributed by atoms with Gasteiger partial charge in [-0.05, 0) is 47.0 Å². The van der Waals surface area contributed by atoms with Gasteiger partial charge in [-0.3, -0.25) is 9.59 Å². The van der Waals surface area contributed by atoms with Crippen molar-refractivity contribution in [3.05, 3.63) is 0 Å². The van der Waals surface area contributed by atoms with Crippen molar-refractivity contribution in [3.8, 4) is 0 Å². The van der Waals surface area contributed by atoms with Gasteiger partial charge in [-0.2, -0.15) is 0 Å². The fraction of sp³-hybridized carbons (Fsp3) is 0.867. The summed E-state index contributed by atoms with van der Waals surface area (Å²) in [5.41, 5.74) is -1.05. The number of carbonyl (C=O) groups is 2. The number of amides is 2. The Morgan fingerprint density at radius 1 is 1.30 bits per heavy atom. The van der Waals surface area contributed by atoms with Gasteiger partial charge >= 0.3 is 0 Å². The van der Waals surface area contributed by atoms with Crippen molar-refractivity contribution in [1.82, 2.24) is 10.2 Å². The maximum Gasteiger partial charge on any atom is 0.248 e. The van der Waals surface area contributed by atoms with Gasteiger partial charge in [-0.15, -0.1) is 0 Å². The zero-order valence-corrected chi connectivity index (χ0v) is 13.2. The Kier molecular flexibility index (Phi) is 3.84. The van der Waals surface area contributed by atoms with Crippen LogP contribution in [0.5, 0.6) is 0 Å². The molecule has 0 aromatic rings. The van der Waals surface area contributed by atoms with Crippen LogP contribution < -0.4 is 5.32 Å². The van der Waals surface area contributed by atoms with Crippen LogP contribution in [-0.2, 0) is 14.3 Å². The van der Waals surface area contributed by atoms with E-state index < -0.39 is 5.54 Å². The van der Waals surface area contributed by atoms with Gasteiger partial charge in [-0.25, -0.2) is 0 Å². The van der Waals surface area contributed by atoms with Crippen molar-refractivity contribution in [1.29, 1.82) is 0 Å². The Balaban J connectivity index is 2.29. The van der Waals surface area contributed by atoms with E-state index in [2.05, 4.69) is 5.32 Å². The number of nitrogens with zero attached hydrogens (tertiary/aromatic N) is 1. The topological polar surface area (TPSA) is 58.6 Å². The molecule has 0 aliphatic carbocycles. The molecule has 0 aromatic heterocycles. The van der Waals surface area contributed by atoms with Crippen molar-refractivity contribution in [2.75, 3.05) is 6.61 Å². The van der Waals surface area contributed by atoms with E-state index in [0.717, 1.165) is 12.8 Å². The molecule has 2 aliphatic rings. The third kappa shape index (κ3) is 2.68. The first kappa shape index (κ1) is 15.3. The van der Waals surface area contributed by atoms with Crippen LogP contribution in [0.15, 0.2) is 0 Å². The highest BCUT2D eigenvalue weighted by Gasteiger charge is 2.48. The molecule has 5 heteroatoms. The van der Waals surface area contributed by atoms with Gasteiger partial charge in [0.15, 0.2) is 0 Å². The Morgan fingerprint density at radius 3 is 2.50 bits per heavy atom. The molecular formula is C15H26N2O3. The van der Waals surface area contributed by atoms with Gasteiger partial charge in [0.25, 0.3) is 0 Å². The average molecular weight is 282 g/mol. The van der Waals surface area contributed by atoms with Crippen LogP contribution in [0.1, 0.15) is 53.9 Å². The van der Waals surface area contributed by atoms with Gasteiger partial charge in [-0.1, -0.05) is 6.92 Å². The van der Waals surface area contributed by atoms with Crippen LogP contribution in [0.25, 0.3) is 0 Å². The standard InChI is InChI=1S/C15H26N2O3/c1-6-11-12(18)16-15(4,5)13(19)17(11)10-7-8-20-14(2,3)9-10/h10-11H,6-9H2,1-5H3,(H,16,18). The normalized spacial score (nSPS) is 33.0. The summed E-state index contributed by atoms with van der Waals surface area (Å²) < 4.78 is 5.73. The van der Waals surface area contributed by atoms with Crippen molar-refractivity contribution in [2.45, 2.75) is 77.1 Å². The van der Waals surface area contributed by atoms with E-state index >= 15 is 0 Å². The van der Waals surface area contributed by atoms with Crippen LogP contribution in [0.4, 0.5) is 0 Å². The molecule has 0 radical (unpaired) electrons. The first-order valence-corrected chi connectivity index (χ1v) is 7.47. The van der Waals surface area contributed by atoms with E-state index in [9.17, 15) is 9.59 Å². The first-order chi connectivity index (χ1) is 9.18. The predicted molar refractivity (Wildman–Crippen MR) is 76.2 cm³/mol. The summed E-state index contributed by atoms with van der Waals surface area (Å²) in [7, 11) is 0. The molecule has 2 saturated heterocycles. The monoisotopic (exact) mass is 282 g/mol. The maximum absolute atomic E-state index is 12.7. The highest BCUT2D eigenvalue weighted by Crippen LogP contribution is 2.32. The smallest absolute Gasteiger partial charge is 0.248 e. The van der Waals surface area contributed by atoms with Crippen molar-refractivity contribution in [2.24, 2.45) is 0 Å². The zero-order chi connectivity index (χ0) is 15.1. The fourth-order valence-corrected chi connectivity index (χ4v) is 3.27. The van der Waals surface area contributed by atoms with Crippen LogP contribution in [-0.4, -0.2) is 46.5 Å². The van der Waals surface area contributed by atoms with E-state index in [1.807, 2.05) is 25.7 Å². The average Bonchev–Trinajstić information content (AvgIpc) is 2.31. The first-order valence-electron chi connectivity index (χ1n) is 7.47. The molecule has 0 saturated carbocycles. The molecule has 2 fully saturated rings. The molecular weight excluding hydrogens is 256 g/mol. The van der Waals surface area contributed by atoms with Gasteiger partial charge in [0.05, 0.1) is 5.60 Å². The molecule has 0 spiro atoms. The van der Waals surface area contributed by atoms with Crippen molar-refractivity contribution < 1.29 is 14.3 Å². The Morgan fingerprint density at radius 2 is 1.95 bits per heavy atom. The van der Waals surface area contributed by atoms with E-state index in [4.69, 9.17) is 4.74 Å². The van der Waals surface area contributed by atoms with E-state index in [1.54, 1.807) is 13.8 Å². The van der Waals surface area contributed by atoms with Gasteiger partial charge in [0.1, 0.15) is 11.6 Å².